The molecule has 5 heteroatoms. The molecule has 0 N–H and O–H groups in total. The number of carbonyl (C=O) groups is 2. The molecule has 2 rings (SSSR count). The van der Waals surface area contributed by atoms with Gasteiger partial charge in [0, 0.05) is 6.42 Å². The lowest BCUT2D eigenvalue weighted by atomic mass is 9.66. The lowest BCUT2D eigenvalue weighted by Gasteiger charge is -2.34. The minimum atomic E-state index is -0.866. The van der Waals surface area contributed by atoms with E-state index in [2.05, 4.69) is 10.8 Å². The molecule has 1 aromatic carbocycles. The molecule has 0 aliphatic heterocycles. The van der Waals surface area contributed by atoms with Crippen LogP contribution in [0.3, 0.4) is 0 Å². The van der Waals surface area contributed by atoms with Gasteiger partial charge in [0.15, 0.2) is 0 Å². The zero-order valence-corrected chi connectivity index (χ0v) is 12.1. The Morgan fingerprint density at radius 1 is 1.43 bits per heavy atom. The van der Waals surface area contributed by atoms with E-state index in [9.17, 15) is 14.9 Å². The highest BCUT2D eigenvalue weighted by Crippen LogP contribution is 2.41. The highest BCUT2D eigenvalue weighted by Gasteiger charge is 2.45. The number of carbonyl (C=O) groups excluding carboxylic acids is 2. The maximum Gasteiger partial charge on any atom is 0.316 e. The standard InChI is InChI=1S/C16H17NO4/c1-20-12-5-3-4-11(8-12)16(10-17)7-6-14(18)13(9-16)15(19)21-2/h3-5,8,13H,6-7,9H2,1-2H3. The number of benzene rings is 1. The van der Waals surface area contributed by atoms with Gasteiger partial charge in [0.05, 0.1) is 25.7 Å². The zero-order chi connectivity index (χ0) is 15.5. The Morgan fingerprint density at radius 3 is 2.81 bits per heavy atom. The van der Waals surface area contributed by atoms with Gasteiger partial charge in [-0.25, -0.2) is 0 Å². The third kappa shape index (κ3) is 2.75. The first-order valence-corrected chi connectivity index (χ1v) is 6.72. The molecular formula is C16H17NO4. The smallest absolute Gasteiger partial charge is 0.316 e. The minimum Gasteiger partial charge on any atom is -0.497 e. The van der Waals surface area contributed by atoms with Crippen molar-refractivity contribution in [2.45, 2.75) is 24.7 Å². The molecule has 0 radical (unpaired) electrons. The normalized spacial score (nSPS) is 25.0. The first-order valence-electron chi connectivity index (χ1n) is 6.72. The number of nitriles is 1. The van der Waals surface area contributed by atoms with Crippen molar-refractivity contribution < 1.29 is 19.1 Å². The first-order chi connectivity index (χ1) is 10.1. The van der Waals surface area contributed by atoms with Crippen molar-refractivity contribution >= 4 is 11.8 Å². The average Bonchev–Trinajstić information content (AvgIpc) is 2.55. The number of hydrogen-bond acceptors (Lipinski definition) is 5. The summed E-state index contributed by atoms with van der Waals surface area (Å²) in [5, 5.41) is 9.66. The predicted molar refractivity (Wildman–Crippen MR) is 74.6 cm³/mol. The molecule has 0 spiro atoms. The van der Waals surface area contributed by atoms with Gasteiger partial charge in [0.25, 0.3) is 0 Å². The van der Waals surface area contributed by atoms with Gasteiger partial charge < -0.3 is 9.47 Å². The van der Waals surface area contributed by atoms with Crippen LogP contribution in [0.4, 0.5) is 0 Å². The van der Waals surface area contributed by atoms with Crippen molar-refractivity contribution in [1.29, 1.82) is 5.26 Å². The van der Waals surface area contributed by atoms with Crippen molar-refractivity contribution in [3.63, 3.8) is 0 Å². The summed E-state index contributed by atoms with van der Waals surface area (Å²) in [5.41, 5.74) is -0.0906. The summed E-state index contributed by atoms with van der Waals surface area (Å²) in [4.78, 5) is 23.7. The summed E-state index contributed by atoms with van der Waals surface area (Å²) in [6.45, 7) is 0. The molecule has 1 saturated carbocycles. The van der Waals surface area contributed by atoms with Crippen LogP contribution in [-0.2, 0) is 19.7 Å². The van der Waals surface area contributed by atoms with Crippen LogP contribution in [0.1, 0.15) is 24.8 Å². The molecular weight excluding hydrogens is 270 g/mol. The molecule has 2 atom stereocenters. The molecule has 5 nitrogen and oxygen atoms in total. The van der Waals surface area contributed by atoms with Gasteiger partial charge in [0.1, 0.15) is 17.5 Å². The Bertz CT molecular complexity index is 597. The quantitative estimate of drug-likeness (QED) is 0.627. The van der Waals surface area contributed by atoms with Gasteiger partial charge in [0.2, 0.25) is 0 Å². The molecule has 0 bridgehead atoms. The second-order valence-electron chi connectivity index (χ2n) is 5.17. The van der Waals surface area contributed by atoms with Crippen LogP contribution in [0.5, 0.6) is 5.75 Å². The third-order valence-electron chi connectivity index (χ3n) is 4.06. The van der Waals surface area contributed by atoms with E-state index in [0.29, 0.717) is 12.2 Å². The van der Waals surface area contributed by atoms with Crippen molar-refractivity contribution in [1.82, 2.24) is 0 Å². The number of nitrogens with zero attached hydrogens (tertiary/aromatic N) is 1. The molecule has 0 heterocycles. The molecule has 0 aromatic heterocycles. The summed E-state index contributed by atoms with van der Waals surface area (Å²) in [5.74, 6) is -0.943. The van der Waals surface area contributed by atoms with Crippen LogP contribution < -0.4 is 4.74 Å². The van der Waals surface area contributed by atoms with E-state index in [0.717, 1.165) is 5.56 Å². The molecule has 21 heavy (non-hydrogen) atoms. The molecule has 2 unspecified atom stereocenters. The fourth-order valence-electron chi connectivity index (χ4n) is 2.78. The lowest BCUT2D eigenvalue weighted by Crippen LogP contribution is -2.40. The summed E-state index contributed by atoms with van der Waals surface area (Å²) < 4.78 is 9.87. The Morgan fingerprint density at radius 2 is 2.19 bits per heavy atom. The van der Waals surface area contributed by atoms with Gasteiger partial charge in [-0.1, -0.05) is 12.1 Å². The lowest BCUT2D eigenvalue weighted by molar-refractivity contribution is -0.151. The summed E-state index contributed by atoms with van der Waals surface area (Å²) in [6.07, 6.45) is 0.760. The Hall–Kier alpha value is -2.35. The number of hydrogen-bond donors (Lipinski definition) is 0. The fraction of sp³-hybridized carbons (Fsp3) is 0.438. The van der Waals surface area contributed by atoms with Crippen LogP contribution in [0.25, 0.3) is 0 Å². The number of ether oxygens (including phenoxy) is 2. The SMILES string of the molecule is COC(=O)C1CC(C#N)(c2cccc(OC)c2)CCC1=O. The topological polar surface area (TPSA) is 76.4 Å². The average molecular weight is 287 g/mol. The van der Waals surface area contributed by atoms with Crippen molar-refractivity contribution in [3.05, 3.63) is 29.8 Å². The maximum absolute atomic E-state index is 11.9. The molecule has 110 valence electrons. The highest BCUT2D eigenvalue weighted by atomic mass is 16.5. The highest BCUT2D eigenvalue weighted by molar-refractivity contribution is 6.00. The Labute approximate surface area is 123 Å². The van der Waals surface area contributed by atoms with Crippen LogP contribution in [-0.4, -0.2) is 26.0 Å². The third-order valence-corrected chi connectivity index (χ3v) is 4.06. The summed E-state index contributed by atoms with van der Waals surface area (Å²) >= 11 is 0. The van der Waals surface area contributed by atoms with E-state index in [-0.39, 0.29) is 18.6 Å². The van der Waals surface area contributed by atoms with Gasteiger partial charge in [-0.15, -0.1) is 0 Å². The maximum atomic E-state index is 11.9. The first kappa shape index (κ1) is 15.0. The zero-order valence-electron chi connectivity index (χ0n) is 12.1. The second-order valence-corrected chi connectivity index (χ2v) is 5.17. The van der Waals surface area contributed by atoms with Crippen molar-refractivity contribution in [3.8, 4) is 11.8 Å². The van der Waals surface area contributed by atoms with E-state index in [1.54, 1.807) is 25.3 Å². The predicted octanol–water partition coefficient (Wildman–Crippen LogP) is 2.00. The number of rotatable bonds is 3. The van der Waals surface area contributed by atoms with E-state index in [1.807, 2.05) is 6.07 Å². The number of Topliss-reactive ketones (excluding diaryl/α,β-unsaturated/α-hetero) is 1. The van der Waals surface area contributed by atoms with E-state index in [4.69, 9.17) is 4.74 Å². The van der Waals surface area contributed by atoms with Crippen LogP contribution >= 0.6 is 0 Å². The molecule has 1 aliphatic rings. The molecule has 0 saturated heterocycles. The Balaban J connectivity index is 2.39. The molecule has 1 aromatic rings. The second kappa shape index (κ2) is 5.96. The van der Waals surface area contributed by atoms with Gasteiger partial charge in [-0.05, 0) is 30.5 Å². The van der Waals surface area contributed by atoms with Crippen LogP contribution in [0, 0.1) is 17.2 Å². The number of ketones is 1. The monoisotopic (exact) mass is 287 g/mol. The van der Waals surface area contributed by atoms with E-state index >= 15 is 0 Å². The summed E-state index contributed by atoms with van der Waals surface area (Å²) in [6, 6.07) is 9.51. The van der Waals surface area contributed by atoms with Gasteiger partial charge in [-0.2, -0.15) is 5.26 Å². The number of esters is 1. The number of methoxy groups -OCH3 is 2. The molecule has 0 amide bonds. The molecule has 1 aliphatic carbocycles. The minimum absolute atomic E-state index is 0.155. The van der Waals surface area contributed by atoms with Crippen molar-refractivity contribution in [2.75, 3.05) is 14.2 Å². The fourth-order valence-corrected chi connectivity index (χ4v) is 2.78. The van der Waals surface area contributed by atoms with Crippen LogP contribution in [0.15, 0.2) is 24.3 Å². The van der Waals surface area contributed by atoms with Gasteiger partial charge in [-0.3, -0.25) is 9.59 Å². The Kier molecular flexibility index (Phi) is 4.27. The van der Waals surface area contributed by atoms with Crippen molar-refractivity contribution in [2.24, 2.45) is 5.92 Å². The largest absolute Gasteiger partial charge is 0.497 e. The van der Waals surface area contributed by atoms with E-state index < -0.39 is 17.3 Å². The summed E-state index contributed by atoms with van der Waals surface area (Å²) in [7, 11) is 2.81. The van der Waals surface area contributed by atoms with Crippen LogP contribution in [0.2, 0.25) is 0 Å². The molecule has 1 fully saturated rings. The van der Waals surface area contributed by atoms with Gasteiger partial charge >= 0.3 is 5.97 Å². The van der Waals surface area contributed by atoms with E-state index in [1.165, 1.54) is 7.11 Å².